The first-order chi connectivity index (χ1) is 8.85. The van der Waals surface area contributed by atoms with Crippen molar-refractivity contribution in [2.45, 2.75) is 40.0 Å². The van der Waals surface area contributed by atoms with Gasteiger partial charge >= 0.3 is 5.97 Å². The maximum absolute atomic E-state index is 12.1. The summed E-state index contributed by atoms with van der Waals surface area (Å²) in [5.74, 6) is -0.920. The van der Waals surface area contributed by atoms with Gasteiger partial charge in [-0.1, -0.05) is 39.3 Å². The molecule has 0 unspecified atom stereocenters. The Bertz CT molecular complexity index is 466. The molecule has 0 saturated carbocycles. The van der Waals surface area contributed by atoms with Crippen molar-refractivity contribution in [3.63, 3.8) is 0 Å². The Balaban J connectivity index is 2.77. The fourth-order valence-electron chi connectivity index (χ4n) is 1.97. The van der Waals surface area contributed by atoms with Crippen LogP contribution < -0.4 is 5.32 Å². The number of hydrogen-bond acceptors (Lipinski definition) is 2. The molecule has 1 rings (SSSR count). The van der Waals surface area contributed by atoms with Gasteiger partial charge in [-0.2, -0.15) is 0 Å². The fraction of sp³-hybridized carbons (Fsp3) is 0.467. The van der Waals surface area contributed by atoms with E-state index in [1.807, 2.05) is 20.8 Å². The van der Waals surface area contributed by atoms with Crippen LogP contribution in [0.2, 0.25) is 0 Å². The molecule has 1 amide bonds. The molecule has 0 heterocycles. The molecule has 0 aromatic heterocycles. The van der Waals surface area contributed by atoms with Crippen molar-refractivity contribution >= 4 is 17.6 Å². The molecule has 0 fully saturated rings. The van der Waals surface area contributed by atoms with Crippen molar-refractivity contribution < 1.29 is 14.7 Å². The van der Waals surface area contributed by atoms with E-state index in [2.05, 4.69) is 5.32 Å². The second kappa shape index (κ2) is 6.36. The van der Waals surface area contributed by atoms with Crippen molar-refractivity contribution in [3.8, 4) is 0 Å². The summed E-state index contributed by atoms with van der Waals surface area (Å²) in [5.41, 5.74) is 0.906. The normalized spacial score (nSPS) is 11.1. The SMILES string of the molecule is CCCC(C)(C)C(=O)Nc1cccc(CC(=O)O)c1. The molecule has 4 nitrogen and oxygen atoms in total. The lowest BCUT2D eigenvalue weighted by atomic mass is 9.87. The molecule has 0 aliphatic heterocycles. The zero-order valence-corrected chi connectivity index (χ0v) is 11.7. The van der Waals surface area contributed by atoms with E-state index in [0.29, 0.717) is 11.3 Å². The third-order valence-electron chi connectivity index (χ3n) is 3.03. The number of benzene rings is 1. The summed E-state index contributed by atoms with van der Waals surface area (Å²) in [4.78, 5) is 22.8. The summed E-state index contributed by atoms with van der Waals surface area (Å²) in [6.07, 6.45) is 1.72. The van der Waals surface area contributed by atoms with Gasteiger partial charge in [0, 0.05) is 11.1 Å². The molecule has 0 radical (unpaired) electrons. The average Bonchev–Trinajstić information content (AvgIpc) is 2.28. The van der Waals surface area contributed by atoms with Gasteiger partial charge in [-0.05, 0) is 24.1 Å². The van der Waals surface area contributed by atoms with Gasteiger partial charge in [0.05, 0.1) is 6.42 Å². The summed E-state index contributed by atoms with van der Waals surface area (Å²) in [6, 6.07) is 6.96. The van der Waals surface area contributed by atoms with E-state index in [1.165, 1.54) is 0 Å². The van der Waals surface area contributed by atoms with Crippen LogP contribution in [0, 0.1) is 5.41 Å². The third-order valence-corrected chi connectivity index (χ3v) is 3.03. The Morgan fingerprint density at radius 2 is 2.00 bits per heavy atom. The van der Waals surface area contributed by atoms with Crippen LogP contribution in [0.4, 0.5) is 5.69 Å². The van der Waals surface area contributed by atoms with Crippen LogP contribution in [0.25, 0.3) is 0 Å². The number of carboxylic acid groups (broad SMARTS) is 1. The second-order valence-corrected chi connectivity index (χ2v) is 5.36. The van der Waals surface area contributed by atoms with E-state index in [0.717, 1.165) is 12.8 Å². The number of nitrogens with one attached hydrogen (secondary N) is 1. The highest BCUT2D eigenvalue weighted by atomic mass is 16.4. The molecule has 104 valence electrons. The fourth-order valence-corrected chi connectivity index (χ4v) is 1.97. The average molecular weight is 263 g/mol. The maximum atomic E-state index is 12.1. The number of hydrogen-bond donors (Lipinski definition) is 2. The number of carbonyl (C=O) groups is 2. The second-order valence-electron chi connectivity index (χ2n) is 5.36. The smallest absolute Gasteiger partial charge is 0.307 e. The molecule has 4 heteroatoms. The minimum atomic E-state index is -0.880. The van der Waals surface area contributed by atoms with Crippen LogP contribution in [0.5, 0.6) is 0 Å². The third kappa shape index (κ3) is 4.73. The molecular formula is C15H21NO3. The summed E-state index contributed by atoms with van der Waals surface area (Å²) in [7, 11) is 0. The van der Waals surface area contributed by atoms with Gasteiger partial charge in [0.15, 0.2) is 0 Å². The van der Waals surface area contributed by atoms with E-state index < -0.39 is 11.4 Å². The van der Waals surface area contributed by atoms with Crippen molar-refractivity contribution in [2.24, 2.45) is 5.41 Å². The zero-order valence-electron chi connectivity index (χ0n) is 11.7. The van der Waals surface area contributed by atoms with E-state index >= 15 is 0 Å². The highest BCUT2D eigenvalue weighted by molar-refractivity contribution is 5.94. The van der Waals surface area contributed by atoms with Crippen LogP contribution in [-0.2, 0) is 16.0 Å². The van der Waals surface area contributed by atoms with Crippen molar-refractivity contribution in [2.75, 3.05) is 5.32 Å². The molecule has 0 spiro atoms. The van der Waals surface area contributed by atoms with Gasteiger partial charge in [0.25, 0.3) is 0 Å². The molecule has 0 bridgehead atoms. The number of carboxylic acids is 1. The van der Waals surface area contributed by atoms with E-state index in [-0.39, 0.29) is 12.3 Å². The molecule has 0 atom stereocenters. The maximum Gasteiger partial charge on any atom is 0.307 e. The highest BCUT2D eigenvalue weighted by Crippen LogP contribution is 2.24. The molecule has 1 aromatic rings. The summed E-state index contributed by atoms with van der Waals surface area (Å²) >= 11 is 0. The van der Waals surface area contributed by atoms with Crippen LogP contribution in [0.1, 0.15) is 39.2 Å². The van der Waals surface area contributed by atoms with Gasteiger partial charge in [-0.25, -0.2) is 0 Å². The first-order valence-corrected chi connectivity index (χ1v) is 6.47. The van der Waals surface area contributed by atoms with E-state index in [1.54, 1.807) is 24.3 Å². The minimum Gasteiger partial charge on any atom is -0.481 e. The Kier molecular flexibility index (Phi) is 5.10. The molecule has 1 aromatic carbocycles. The van der Waals surface area contributed by atoms with Crippen molar-refractivity contribution in [1.82, 2.24) is 0 Å². The van der Waals surface area contributed by atoms with Gasteiger partial charge < -0.3 is 10.4 Å². The lowest BCUT2D eigenvalue weighted by Gasteiger charge is -2.23. The molecule has 19 heavy (non-hydrogen) atoms. The zero-order chi connectivity index (χ0) is 14.5. The number of aliphatic carboxylic acids is 1. The highest BCUT2D eigenvalue weighted by Gasteiger charge is 2.26. The Hall–Kier alpha value is -1.84. The molecule has 0 aliphatic rings. The van der Waals surface area contributed by atoms with Gasteiger partial charge in [0.1, 0.15) is 0 Å². The van der Waals surface area contributed by atoms with Gasteiger partial charge in [-0.15, -0.1) is 0 Å². The standard InChI is InChI=1S/C15H21NO3/c1-4-8-15(2,3)14(19)16-12-7-5-6-11(9-12)10-13(17)18/h5-7,9H,4,8,10H2,1-3H3,(H,16,19)(H,17,18). The predicted molar refractivity (Wildman–Crippen MR) is 75.1 cm³/mol. The lowest BCUT2D eigenvalue weighted by Crippen LogP contribution is -2.30. The monoisotopic (exact) mass is 263 g/mol. The Labute approximate surface area is 113 Å². The topological polar surface area (TPSA) is 66.4 Å². The quantitative estimate of drug-likeness (QED) is 0.828. The number of carbonyl (C=O) groups excluding carboxylic acids is 1. The van der Waals surface area contributed by atoms with Crippen LogP contribution >= 0.6 is 0 Å². The Morgan fingerprint density at radius 1 is 1.32 bits per heavy atom. The Morgan fingerprint density at radius 3 is 2.58 bits per heavy atom. The summed E-state index contributed by atoms with van der Waals surface area (Å²) in [5, 5.41) is 11.6. The first kappa shape index (κ1) is 15.2. The van der Waals surface area contributed by atoms with Crippen LogP contribution in [0.3, 0.4) is 0 Å². The molecule has 2 N–H and O–H groups in total. The lowest BCUT2D eigenvalue weighted by molar-refractivity contribution is -0.136. The van der Waals surface area contributed by atoms with Gasteiger partial charge in [0.2, 0.25) is 5.91 Å². The van der Waals surface area contributed by atoms with Crippen molar-refractivity contribution in [1.29, 1.82) is 0 Å². The summed E-state index contributed by atoms with van der Waals surface area (Å²) < 4.78 is 0. The van der Waals surface area contributed by atoms with Crippen LogP contribution in [0.15, 0.2) is 24.3 Å². The van der Waals surface area contributed by atoms with Crippen molar-refractivity contribution in [3.05, 3.63) is 29.8 Å². The number of anilines is 1. The molecular weight excluding hydrogens is 242 g/mol. The first-order valence-electron chi connectivity index (χ1n) is 6.47. The number of rotatable bonds is 6. The predicted octanol–water partition coefficient (Wildman–Crippen LogP) is 3.08. The molecule has 0 aliphatic carbocycles. The molecule has 0 saturated heterocycles. The van der Waals surface area contributed by atoms with E-state index in [9.17, 15) is 9.59 Å². The largest absolute Gasteiger partial charge is 0.481 e. The van der Waals surface area contributed by atoms with E-state index in [4.69, 9.17) is 5.11 Å². The van der Waals surface area contributed by atoms with Gasteiger partial charge in [-0.3, -0.25) is 9.59 Å². The number of amides is 1. The minimum absolute atomic E-state index is 0.0396. The van der Waals surface area contributed by atoms with Crippen LogP contribution in [-0.4, -0.2) is 17.0 Å². The summed E-state index contributed by atoms with van der Waals surface area (Å²) in [6.45, 7) is 5.86.